The van der Waals surface area contributed by atoms with Gasteiger partial charge in [-0.3, -0.25) is 0 Å². The minimum Gasteiger partial charge on any atom is -0.396 e. The minimum atomic E-state index is -0.306. The summed E-state index contributed by atoms with van der Waals surface area (Å²) < 4.78 is 0. The fourth-order valence-electron chi connectivity index (χ4n) is 1.65. The highest BCUT2D eigenvalue weighted by Gasteiger charge is 2.15. The van der Waals surface area contributed by atoms with Crippen molar-refractivity contribution in [1.29, 1.82) is 0 Å². The lowest BCUT2D eigenvalue weighted by atomic mass is 10.0. The van der Waals surface area contributed by atoms with Crippen molar-refractivity contribution in [2.24, 2.45) is 5.92 Å². The van der Waals surface area contributed by atoms with E-state index in [0.29, 0.717) is 12.1 Å². The number of hydrogen-bond donors (Lipinski definition) is 3. The predicted octanol–water partition coefficient (Wildman–Crippen LogP) is 1.57. The summed E-state index contributed by atoms with van der Waals surface area (Å²) in [5, 5.41) is 14.5. The van der Waals surface area contributed by atoms with Crippen LogP contribution in [0.4, 0.5) is 10.5 Å². The van der Waals surface area contributed by atoms with Crippen LogP contribution in [0.2, 0.25) is 0 Å². The van der Waals surface area contributed by atoms with Gasteiger partial charge >= 0.3 is 6.03 Å². The Morgan fingerprint density at radius 2 is 2.00 bits per heavy atom. The lowest BCUT2D eigenvalue weighted by Gasteiger charge is -2.21. The molecule has 0 aliphatic heterocycles. The first kappa shape index (κ1) is 15.4. The van der Waals surface area contributed by atoms with Crippen molar-refractivity contribution < 1.29 is 9.90 Å². The number of nitrogens with one attached hydrogen (secondary N) is 2. The Balaban J connectivity index is 2.53. The van der Waals surface area contributed by atoms with Crippen molar-refractivity contribution in [3.63, 3.8) is 0 Å². The third kappa shape index (κ3) is 5.21. The van der Waals surface area contributed by atoms with Gasteiger partial charge in [-0.2, -0.15) is 0 Å². The average Bonchev–Trinajstić information content (AvgIpc) is 2.39. The van der Waals surface area contributed by atoms with Gasteiger partial charge in [0, 0.05) is 19.1 Å². The molecule has 0 fully saturated rings. The molecule has 0 bridgehead atoms. The largest absolute Gasteiger partial charge is 0.396 e. The molecule has 0 saturated carbocycles. The molecule has 0 spiro atoms. The van der Waals surface area contributed by atoms with Crippen molar-refractivity contribution in [1.82, 2.24) is 15.3 Å². The highest BCUT2D eigenvalue weighted by atomic mass is 16.3. The van der Waals surface area contributed by atoms with Crippen molar-refractivity contribution in [3.8, 4) is 0 Å². The zero-order chi connectivity index (χ0) is 14.3. The molecule has 2 amide bonds. The van der Waals surface area contributed by atoms with Crippen LogP contribution >= 0.6 is 0 Å². The second kappa shape index (κ2) is 7.68. The summed E-state index contributed by atoms with van der Waals surface area (Å²) in [6.07, 6.45) is 4.47. The molecule has 3 N–H and O–H groups in total. The van der Waals surface area contributed by atoms with Gasteiger partial charge in [0.25, 0.3) is 0 Å². The molecule has 0 aromatic carbocycles. The highest BCUT2D eigenvalue weighted by Crippen LogP contribution is 2.07. The van der Waals surface area contributed by atoms with E-state index < -0.39 is 0 Å². The zero-order valence-electron chi connectivity index (χ0n) is 11.7. The topological polar surface area (TPSA) is 87.1 Å². The molecule has 6 heteroatoms. The Bertz CT molecular complexity index is 392. The number of urea groups is 1. The van der Waals surface area contributed by atoms with Gasteiger partial charge in [0.15, 0.2) is 0 Å². The molecule has 0 aliphatic rings. The van der Waals surface area contributed by atoms with E-state index in [1.165, 1.54) is 0 Å². The standard InChI is InChI=1S/C13H22N4O2/c1-4-12-14-7-10(8-15-12)16-13(19)17-11(5-6-18)9(2)3/h7-9,11,18H,4-6H2,1-3H3,(H2,16,17,19). The third-order valence-corrected chi connectivity index (χ3v) is 2.84. The molecule has 1 aromatic heterocycles. The van der Waals surface area contributed by atoms with Crippen molar-refractivity contribution in [3.05, 3.63) is 18.2 Å². The summed E-state index contributed by atoms with van der Waals surface area (Å²) in [5.74, 6) is 1.00. The van der Waals surface area contributed by atoms with E-state index in [-0.39, 0.29) is 24.6 Å². The van der Waals surface area contributed by atoms with Crippen LogP contribution in [-0.2, 0) is 6.42 Å². The lowest BCUT2D eigenvalue weighted by molar-refractivity contribution is 0.227. The second-order valence-electron chi connectivity index (χ2n) is 4.70. The van der Waals surface area contributed by atoms with Crippen LogP contribution in [0.25, 0.3) is 0 Å². The Kier molecular flexibility index (Phi) is 6.21. The molecule has 1 rings (SSSR count). The minimum absolute atomic E-state index is 0.0530. The lowest BCUT2D eigenvalue weighted by Crippen LogP contribution is -2.41. The first-order valence-electron chi connectivity index (χ1n) is 6.56. The number of nitrogens with zero attached hydrogens (tertiary/aromatic N) is 2. The highest BCUT2D eigenvalue weighted by molar-refractivity contribution is 5.89. The van der Waals surface area contributed by atoms with Crippen LogP contribution < -0.4 is 10.6 Å². The summed E-state index contributed by atoms with van der Waals surface area (Å²) in [5.41, 5.74) is 0.557. The fraction of sp³-hybridized carbons (Fsp3) is 0.615. The van der Waals surface area contributed by atoms with Gasteiger partial charge in [-0.15, -0.1) is 0 Å². The van der Waals surface area contributed by atoms with Gasteiger partial charge in [-0.05, 0) is 12.3 Å². The monoisotopic (exact) mass is 266 g/mol. The van der Waals surface area contributed by atoms with Crippen LogP contribution in [0, 0.1) is 5.92 Å². The van der Waals surface area contributed by atoms with Crippen LogP contribution in [0.15, 0.2) is 12.4 Å². The molecular formula is C13H22N4O2. The Morgan fingerprint density at radius 1 is 1.37 bits per heavy atom. The molecule has 1 unspecified atom stereocenters. The molecule has 0 saturated heterocycles. The number of aryl methyl sites for hydroxylation is 1. The number of amides is 2. The van der Waals surface area contributed by atoms with Crippen molar-refractivity contribution >= 4 is 11.7 Å². The summed E-state index contributed by atoms with van der Waals surface area (Å²) >= 11 is 0. The fourth-order valence-corrected chi connectivity index (χ4v) is 1.65. The SMILES string of the molecule is CCc1ncc(NC(=O)NC(CCO)C(C)C)cn1. The van der Waals surface area contributed by atoms with Crippen LogP contribution in [0.1, 0.15) is 33.0 Å². The number of anilines is 1. The molecule has 106 valence electrons. The van der Waals surface area contributed by atoms with Gasteiger partial charge < -0.3 is 15.7 Å². The predicted molar refractivity (Wildman–Crippen MR) is 73.9 cm³/mol. The van der Waals surface area contributed by atoms with E-state index >= 15 is 0 Å². The molecule has 1 heterocycles. The van der Waals surface area contributed by atoms with Gasteiger partial charge in [-0.1, -0.05) is 20.8 Å². The Morgan fingerprint density at radius 3 is 2.47 bits per heavy atom. The molecular weight excluding hydrogens is 244 g/mol. The summed E-state index contributed by atoms with van der Waals surface area (Å²) in [6, 6.07) is -0.360. The molecule has 19 heavy (non-hydrogen) atoms. The molecule has 1 aromatic rings. The van der Waals surface area contributed by atoms with Crippen molar-refractivity contribution in [2.45, 2.75) is 39.7 Å². The Labute approximate surface area is 113 Å². The van der Waals surface area contributed by atoms with E-state index in [9.17, 15) is 4.79 Å². The zero-order valence-corrected chi connectivity index (χ0v) is 11.7. The maximum atomic E-state index is 11.8. The first-order chi connectivity index (χ1) is 9.06. The van der Waals surface area contributed by atoms with Gasteiger partial charge in [0.05, 0.1) is 18.1 Å². The number of rotatable bonds is 6. The number of aliphatic hydroxyl groups is 1. The van der Waals surface area contributed by atoms with Crippen molar-refractivity contribution in [2.75, 3.05) is 11.9 Å². The number of carbonyl (C=O) groups is 1. The molecule has 0 radical (unpaired) electrons. The summed E-state index contributed by atoms with van der Waals surface area (Å²) in [7, 11) is 0. The van der Waals surface area contributed by atoms with E-state index in [2.05, 4.69) is 20.6 Å². The van der Waals surface area contributed by atoms with Gasteiger partial charge in [-0.25, -0.2) is 14.8 Å². The normalized spacial score (nSPS) is 12.3. The Hall–Kier alpha value is -1.69. The summed E-state index contributed by atoms with van der Waals surface area (Å²) in [6.45, 7) is 6.02. The second-order valence-corrected chi connectivity index (χ2v) is 4.70. The first-order valence-corrected chi connectivity index (χ1v) is 6.56. The molecule has 6 nitrogen and oxygen atoms in total. The average molecular weight is 266 g/mol. The van der Waals surface area contributed by atoms with Gasteiger partial charge in [0.2, 0.25) is 0 Å². The quantitative estimate of drug-likeness (QED) is 0.729. The maximum Gasteiger partial charge on any atom is 0.319 e. The van der Waals surface area contributed by atoms with Crippen LogP contribution in [-0.4, -0.2) is 33.8 Å². The van der Waals surface area contributed by atoms with E-state index in [0.717, 1.165) is 12.2 Å². The smallest absolute Gasteiger partial charge is 0.319 e. The van der Waals surface area contributed by atoms with E-state index in [1.807, 2.05) is 20.8 Å². The van der Waals surface area contributed by atoms with Crippen LogP contribution in [0.3, 0.4) is 0 Å². The van der Waals surface area contributed by atoms with E-state index in [1.54, 1.807) is 12.4 Å². The summed E-state index contributed by atoms with van der Waals surface area (Å²) in [4.78, 5) is 20.0. The number of aliphatic hydroxyl groups excluding tert-OH is 1. The van der Waals surface area contributed by atoms with E-state index in [4.69, 9.17) is 5.11 Å². The molecule has 1 atom stereocenters. The number of hydrogen-bond acceptors (Lipinski definition) is 4. The van der Waals surface area contributed by atoms with Crippen LogP contribution in [0.5, 0.6) is 0 Å². The molecule has 0 aliphatic carbocycles. The van der Waals surface area contributed by atoms with Gasteiger partial charge in [0.1, 0.15) is 5.82 Å². The number of carbonyl (C=O) groups excluding carboxylic acids is 1. The number of aromatic nitrogens is 2. The third-order valence-electron chi connectivity index (χ3n) is 2.84. The maximum absolute atomic E-state index is 11.8.